The Kier molecular flexibility index (Phi) is 12.8. The van der Waals surface area contributed by atoms with Crippen LogP contribution in [0.5, 0.6) is 5.75 Å². The third kappa shape index (κ3) is 7.75. The van der Waals surface area contributed by atoms with Gasteiger partial charge in [0.1, 0.15) is 5.75 Å². The molecule has 0 bridgehead atoms. The number of methoxy groups -OCH3 is 1. The summed E-state index contributed by atoms with van der Waals surface area (Å²) in [6.45, 7) is 4.29. The van der Waals surface area contributed by atoms with Gasteiger partial charge in [-0.15, -0.1) is 42.3 Å². The minimum atomic E-state index is -4.70. The maximum Gasteiger partial charge on any atom is 0.453 e. The lowest BCUT2D eigenvalue weighted by atomic mass is 9.81. The Bertz CT molecular complexity index is 1510. The van der Waals surface area contributed by atoms with Gasteiger partial charge in [-0.2, -0.15) is 17.9 Å². The zero-order valence-electron chi connectivity index (χ0n) is 25.0. The molecule has 0 spiro atoms. The van der Waals surface area contributed by atoms with E-state index in [9.17, 15) is 13.2 Å². The molecule has 248 valence electrons. The van der Waals surface area contributed by atoms with Gasteiger partial charge in [0.15, 0.2) is 0 Å². The summed E-state index contributed by atoms with van der Waals surface area (Å²) in [7, 11) is 1.56. The number of aromatic nitrogens is 4. The number of tetrazole rings is 1. The topological polar surface area (TPSA) is 86.4 Å². The lowest BCUT2D eigenvalue weighted by molar-refractivity contribution is -0.146. The molecule has 0 aliphatic carbocycles. The number of hydrogen-bond donors (Lipinski definition) is 1. The molecular formula is C31H36Cl3F3N8O. The van der Waals surface area contributed by atoms with E-state index in [-0.39, 0.29) is 60.9 Å². The second-order valence-corrected chi connectivity index (χ2v) is 11.0. The highest BCUT2D eigenvalue weighted by Crippen LogP contribution is 2.37. The maximum atomic E-state index is 13.6. The molecule has 3 heterocycles. The molecule has 1 N–H and O–H groups in total. The second kappa shape index (κ2) is 15.9. The van der Waals surface area contributed by atoms with E-state index in [1.165, 1.54) is 23.5 Å². The summed E-state index contributed by atoms with van der Waals surface area (Å²) in [4.78, 5) is 6.98. The predicted octanol–water partition coefficient (Wildman–Crippen LogP) is 5.56. The van der Waals surface area contributed by atoms with Crippen molar-refractivity contribution in [3.8, 4) is 11.4 Å². The van der Waals surface area contributed by atoms with E-state index in [1.54, 1.807) is 19.2 Å². The Balaban J connectivity index is 0.00000192. The first-order chi connectivity index (χ1) is 20.9. The quantitative estimate of drug-likeness (QED) is 0.190. The van der Waals surface area contributed by atoms with Crippen LogP contribution in [0.2, 0.25) is 0 Å². The van der Waals surface area contributed by atoms with Crippen LogP contribution < -0.4 is 4.74 Å². The van der Waals surface area contributed by atoms with E-state index in [0.29, 0.717) is 17.0 Å². The summed E-state index contributed by atoms with van der Waals surface area (Å²) in [5, 5.41) is 18.0. The van der Waals surface area contributed by atoms with Crippen LogP contribution >= 0.6 is 37.2 Å². The predicted molar refractivity (Wildman–Crippen MR) is 177 cm³/mol. The lowest BCUT2D eigenvalue weighted by Crippen LogP contribution is -2.66. The van der Waals surface area contributed by atoms with Gasteiger partial charge in [-0.25, -0.2) is 0 Å². The van der Waals surface area contributed by atoms with Gasteiger partial charge >= 0.3 is 6.18 Å². The first kappa shape index (κ1) is 37.0. The van der Waals surface area contributed by atoms with Gasteiger partial charge in [0.25, 0.3) is 5.82 Å². The molecule has 2 atom stereocenters. The molecule has 0 unspecified atom stereocenters. The molecule has 9 nitrogen and oxygen atoms in total. The van der Waals surface area contributed by atoms with Gasteiger partial charge in [0.2, 0.25) is 0 Å². The van der Waals surface area contributed by atoms with Crippen molar-refractivity contribution in [1.82, 2.24) is 34.9 Å². The van der Waals surface area contributed by atoms with Crippen LogP contribution in [0.1, 0.15) is 28.4 Å². The largest absolute Gasteiger partial charge is 0.496 e. The Hall–Kier alpha value is -3.42. The van der Waals surface area contributed by atoms with E-state index >= 15 is 0 Å². The Morgan fingerprint density at radius 2 is 1.57 bits per heavy atom. The molecule has 6 rings (SSSR count). The summed E-state index contributed by atoms with van der Waals surface area (Å²) in [6.07, 6.45) is -3.28. The standard InChI is InChI=1S/C31H33F3N8O.3ClH/c1-43-28-13-12-25(42-30(31(32,33)34)36-37-38-42)16-24(28)17-40-19-26-18-39(21-35)14-15-41(26)27(20-40)29(22-8-4-2-5-9-22)23-10-6-3-7-11-23;;;/h2-13,16,21,26-27,29,35H,14-15,17-20H2,1H3;3*1H/t26-,27-;;;/m0.../s1. The van der Waals surface area contributed by atoms with Crippen molar-refractivity contribution in [2.24, 2.45) is 0 Å². The number of rotatable bonds is 8. The van der Waals surface area contributed by atoms with Crippen molar-refractivity contribution >= 4 is 43.6 Å². The Morgan fingerprint density at radius 3 is 2.15 bits per heavy atom. The molecule has 2 aliphatic rings. The number of ether oxygens (including phenoxy) is 1. The molecule has 3 aromatic carbocycles. The molecule has 46 heavy (non-hydrogen) atoms. The summed E-state index contributed by atoms with van der Waals surface area (Å²) < 4.78 is 47.1. The molecule has 2 saturated heterocycles. The van der Waals surface area contributed by atoms with E-state index in [2.05, 4.69) is 73.9 Å². The van der Waals surface area contributed by atoms with Crippen LogP contribution in [0.4, 0.5) is 13.2 Å². The van der Waals surface area contributed by atoms with Crippen LogP contribution in [0.25, 0.3) is 5.69 Å². The fourth-order valence-corrected chi connectivity index (χ4v) is 6.53. The van der Waals surface area contributed by atoms with Crippen LogP contribution in [-0.4, -0.2) is 93.2 Å². The molecule has 1 aromatic heterocycles. The van der Waals surface area contributed by atoms with Gasteiger partial charge in [-0.05, 0) is 39.8 Å². The van der Waals surface area contributed by atoms with E-state index in [1.807, 2.05) is 17.0 Å². The molecule has 2 aliphatic heterocycles. The monoisotopic (exact) mass is 698 g/mol. The molecule has 15 heteroatoms. The van der Waals surface area contributed by atoms with E-state index < -0.39 is 12.0 Å². The fraction of sp³-hybridized carbons (Fsp3) is 0.355. The van der Waals surface area contributed by atoms with Crippen LogP contribution in [0.15, 0.2) is 78.9 Å². The molecular weight excluding hydrogens is 664 g/mol. The van der Waals surface area contributed by atoms with Gasteiger partial charge in [-0.3, -0.25) is 15.2 Å². The first-order valence-electron chi connectivity index (χ1n) is 14.2. The third-order valence-corrected chi connectivity index (χ3v) is 8.41. The summed E-state index contributed by atoms with van der Waals surface area (Å²) in [5.41, 5.74) is 3.41. The molecule has 0 amide bonds. The van der Waals surface area contributed by atoms with E-state index in [4.69, 9.17) is 10.1 Å². The van der Waals surface area contributed by atoms with Gasteiger partial charge in [0.05, 0.1) is 19.1 Å². The van der Waals surface area contributed by atoms with Gasteiger partial charge in [0, 0.05) is 62.8 Å². The number of alkyl halides is 3. The average molecular weight is 700 g/mol. The van der Waals surface area contributed by atoms with Crippen molar-refractivity contribution in [1.29, 1.82) is 5.41 Å². The zero-order valence-corrected chi connectivity index (χ0v) is 27.4. The summed E-state index contributed by atoms with van der Waals surface area (Å²) in [6, 6.07) is 26.2. The van der Waals surface area contributed by atoms with Gasteiger partial charge < -0.3 is 9.64 Å². The second-order valence-electron chi connectivity index (χ2n) is 11.0. The SMILES string of the molecule is COc1ccc(-n2nnnc2C(F)(F)F)cc1CN1C[C@@H]2CN(C=N)CCN2[C@H](C(c2ccccc2)c2ccccc2)C1.Cl.Cl.Cl. The number of nitrogens with one attached hydrogen (secondary N) is 1. The van der Waals surface area contributed by atoms with Crippen molar-refractivity contribution in [3.05, 3.63) is 101 Å². The zero-order chi connectivity index (χ0) is 30.0. The minimum Gasteiger partial charge on any atom is -0.496 e. The number of piperazine rings is 2. The minimum absolute atomic E-state index is 0. The van der Waals surface area contributed by atoms with E-state index in [0.717, 1.165) is 38.3 Å². The molecule has 0 saturated carbocycles. The summed E-state index contributed by atoms with van der Waals surface area (Å²) in [5.74, 6) is -0.500. The highest BCUT2D eigenvalue weighted by atomic mass is 35.5. The van der Waals surface area contributed by atoms with Crippen LogP contribution in [0, 0.1) is 5.41 Å². The normalized spacial score (nSPS) is 18.5. The lowest BCUT2D eigenvalue weighted by Gasteiger charge is -2.53. The van der Waals surface area contributed by atoms with Gasteiger partial charge in [-0.1, -0.05) is 60.7 Å². The first-order valence-corrected chi connectivity index (χ1v) is 14.2. The third-order valence-electron chi connectivity index (χ3n) is 8.41. The molecule has 4 aromatic rings. The summed E-state index contributed by atoms with van der Waals surface area (Å²) >= 11 is 0. The van der Waals surface area contributed by atoms with Crippen molar-refractivity contribution in [2.75, 3.05) is 39.8 Å². The molecule has 2 fully saturated rings. The Morgan fingerprint density at radius 1 is 0.913 bits per heavy atom. The highest BCUT2D eigenvalue weighted by Gasteiger charge is 2.42. The smallest absolute Gasteiger partial charge is 0.453 e. The van der Waals surface area contributed by atoms with Crippen molar-refractivity contribution in [3.63, 3.8) is 0 Å². The fourth-order valence-electron chi connectivity index (χ4n) is 6.53. The van der Waals surface area contributed by atoms with Crippen molar-refractivity contribution in [2.45, 2.75) is 30.7 Å². The van der Waals surface area contributed by atoms with Crippen LogP contribution in [-0.2, 0) is 12.7 Å². The number of nitrogens with zero attached hydrogens (tertiary/aromatic N) is 7. The number of fused-ring (bicyclic) bond motifs is 1. The average Bonchev–Trinajstić information content (AvgIpc) is 3.53. The number of hydrogen-bond acceptors (Lipinski definition) is 7. The maximum absolute atomic E-state index is 13.6. The Labute approximate surface area is 284 Å². The van der Waals surface area contributed by atoms with Crippen molar-refractivity contribution < 1.29 is 17.9 Å². The highest BCUT2D eigenvalue weighted by molar-refractivity contribution is 5.86. The number of halogens is 6. The molecule has 0 radical (unpaired) electrons. The number of benzene rings is 3. The van der Waals surface area contributed by atoms with Crippen LogP contribution in [0.3, 0.4) is 0 Å².